The van der Waals surface area contributed by atoms with Crippen LogP contribution in [0, 0.1) is 0 Å². The summed E-state index contributed by atoms with van der Waals surface area (Å²) in [5.74, 6) is 0.289. The number of hydrogen-bond donors (Lipinski definition) is 3. The molecule has 18 heavy (non-hydrogen) atoms. The Balaban J connectivity index is 1.96. The van der Waals surface area contributed by atoms with Gasteiger partial charge in [0.15, 0.2) is 0 Å². The van der Waals surface area contributed by atoms with E-state index < -0.39 is 0 Å². The standard InChI is InChI=1S/C14H21NO3/c16-7-4-14(5-8-18-9-6-14)15-11-12-2-1-3-13(17)10-12/h1-3,10,15-17H,4-9,11H2. The number of phenolic OH excluding ortho intramolecular Hbond substituents is 1. The maximum atomic E-state index is 9.43. The molecule has 1 heterocycles. The maximum Gasteiger partial charge on any atom is 0.115 e. The van der Waals surface area contributed by atoms with Gasteiger partial charge in [0.1, 0.15) is 5.75 Å². The minimum atomic E-state index is -0.0293. The summed E-state index contributed by atoms with van der Waals surface area (Å²) in [6.45, 7) is 2.38. The van der Waals surface area contributed by atoms with Crippen LogP contribution in [0.1, 0.15) is 24.8 Å². The highest BCUT2D eigenvalue weighted by molar-refractivity contribution is 5.27. The average molecular weight is 251 g/mol. The van der Waals surface area contributed by atoms with Gasteiger partial charge in [0.05, 0.1) is 0 Å². The van der Waals surface area contributed by atoms with Crippen LogP contribution in [-0.2, 0) is 11.3 Å². The first-order valence-corrected chi connectivity index (χ1v) is 6.46. The molecule has 1 aliphatic heterocycles. The Labute approximate surface area is 108 Å². The predicted molar refractivity (Wildman–Crippen MR) is 69.4 cm³/mol. The molecule has 0 unspecified atom stereocenters. The van der Waals surface area contributed by atoms with Gasteiger partial charge in [0.25, 0.3) is 0 Å². The normalized spacial score (nSPS) is 18.7. The van der Waals surface area contributed by atoms with Gasteiger partial charge in [0.2, 0.25) is 0 Å². The van der Waals surface area contributed by atoms with Gasteiger partial charge in [-0.1, -0.05) is 12.1 Å². The molecule has 2 rings (SSSR count). The summed E-state index contributed by atoms with van der Waals surface area (Å²) in [4.78, 5) is 0. The molecule has 0 saturated carbocycles. The van der Waals surface area contributed by atoms with Crippen LogP contribution in [0.4, 0.5) is 0 Å². The van der Waals surface area contributed by atoms with Gasteiger partial charge in [-0.15, -0.1) is 0 Å². The van der Waals surface area contributed by atoms with E-state index in [2.05, 4.69) is 5.32 Å². The Bertz CT molecular complexity index is 370. The van der Waals surface area contributed by atoms with E-state index in [-0.39, 0.29) is 17.9 Å². The third-order valence-corrected chi connectivity index (χ3v) is 3.62. The van der Waals surface area contributed by atoms with Gasteiger partial charge in [-0.05, 0) is 37.0 Å². The van der Waals surface area contributed by atoms with Crippen LogP contribution in [0.25, 0.3) is 0 Å². The van der Waals surface area contributed by atoms with E-state index in [1.807, 2.05) is 12.1 Å². The summed E-state index contributed by atoms with van der Waals surface area (Å²) in [6, 6.07) is 7.26. The van der Waals surface area contributed by atoms with Gasteiger partial charge >= 0.3 is 0 Å². The Morgan fingerprint density at radius 3 is 2.72 bits per heavy atom. The van der Waals surface area contributed by atoms with Gasteiger partial charge in [-0.3, -0.25) is 0 Å². The van der Waals surface area contributed by atoms with Crippen LogP contribution in [0.3, 0.4) is 0 Å². The lowest BCUT2D eigenvalue weighted by atomic mass is 9.86. The Morgan fingerprint density at radius 2 is 2.06 bits per heavy atom. The third kappa shape index (κ3) is 3.45. The summed E-state index contributed by atoms with van der Waals surface area (Å²) in [7, 11) is 0. The van der Waals surface area contributed by atoms with Crippen LogP contribution in [0.15, 0.2) is 24.3 Å². The number of nitrogens with one attached hydrogen (secondary N) is 1. The highest BCUT2D eigenvalue weighted by Gasteiger charge is 2.31. The number of rotatable bonds is 5. The monoisotopic (exact) mass is 251 g/mol. The number of aliphatic hydroxyl groups is 1. The molecule has 1 aromatic carbocycles. The fourth-order valence-electron chi connectivity index (χ4n) is 2.45. The summed E-state index contributed by atoms with van der Waals surface area (Å²) in [5, 5.41) is 22.2. The van der Waals surface area contributed by atoms with Gasteiger partial charge in [-0.25, -0.2) is 0 Å². The summed E-state index contributed by atoms with van der Waals surface area (Å²) < 4.78 is 5.38. The first-order valence-electron chi connectivity index (χ1n) is 6.46. The van der Waals surface area contributed by atoms with Crippen molar-refractivity contribution in [2.24, 2.45) is 0 Å². The molecule has 1 fully saturated rings. The topological polar surface area (TPSA) is 61.7 Å². The summed E-state index contributed by atoms with van der Waals surface area (Å²) in [5.41, 5.74) is 1.03. The quantitative estimate of drug-likeness (QED) is 0.740. The summed E-state index contributed by atoms with van der Waals surface area (Å²) in [6.07, 6.45) is 2.59. The molecule has 0 radical (unpaired) electrons. The first-order chi connectivity index (χ1) is 8.74. The highest BCUT2D eigenvalue weighted by atomic mass is 16.5. The van der Waals surface area contributed by atoms with Crippen LogP contribution >= 0.6 is 0 Å². The molecule has 0 aliphatic carbocycles. The smallest absolute Gasteiger partial charge is 0.115 e. The van der Waals surface area contributed by atoms with Gasteiger partial charge in [-0.2, -0.15) is 0 Å². The second-order valence-electron chi connectivity index (χ2n) is 4.89. The second kappa shape index (κ2) is 6.18. The number of aromatic hydroxyl groups is 1. The molecule has 1 aliphatic rings. The Morgan fingerprint density at radius 1 is 1.28 bits per heavy atom. The third-order valence-electron chi connectivity index (χ3n) is 3.62. The van der Waals surface area contributed by atoms with E-state index in [4.69, 9.17) is 4.74 Å². The zero-order valence-electron chi connectivity index (χ0n) is 10.6. The van der Waals surface area contributed by atoms with Crippen molar-refractivity contribution in [3.63, 3.8) is 0 Å². The predicted octanol–water partition coefficient (Wildman–Crippen LogP) is 1.41. The molecule has 0 bridgehead atoms. The van der Waals surface area contributed by atoms with Crippen molar-refractivity contribution in [3.8, 4) is 5.75 Å². The zero-order valence-corrected chi connectivity index (χ0v) is 10.6. The lowest BCUT2D eigenvalue weighted by molar-refractivity contribution is 0.0267. The van der Waals surface area contributed by atoms with Crippen LogP contribution in [0.5, 0.6) is 5.75 Å². The van der Waals surface area contributed by atoms with Crippen molar-refractivity contribution in [2.45, 2.75) is 31.3 Å². The Kier molecular flexibility index (Phi) is 4.58. The van der Waals surface area contributed by atoms with E-state index in [0.717, 1.165) is 38.0 Å². The second-order valence-corrected chi connectivity index (χ2v) is 4.89. The van der Waals surface area contributed by atoms with Crippen molar-refractivity contribution in [2.75, 3.05) is 19.8 Å². The van der Waals surface area contributed by atoms with Crippen LogP contribution in [0.2, 0.25) is 0 Å². The van der Waals surface area contributed by atoms with Gasteiger partial charge in [0, 0.05) is 31.9 Å². The van der Waals surface area contributed by atoms with Gasteiger partial charge < -0.3 is 20.3 Å². The van der Waals surface area contributed by atoms with Crippen LogP contribution in [-0.4, -0.2) is 35.6 Å². The molecule has 1 aromatic rings. The molecule has 0 amide bonds. The molecule has 0 aromatic heterocycles. The number of benzene rings is 1. The number of aliphatic hydroxyl groups excluding tert-OH is 1. The highest BCUT2D eigenvalue weighted by Crippen LogP contribution is 2.25. The maximum absolute atomic E-state index is 9.43. The SMILES string of the molecule is OCCC1(NCc2cccc(O)c2)CCOCC1. The molecule has 100 valence electrons. The number of ether oxygens (including phenoxy) is 1. The van der Waals surface area contributed by atoms with Crippen molar-refractivity contribution in [1.29, 1.82) is 0 Å². The van der Waals surface area contributed by atoms with Crippen molar-refractivity contribution >= 4 is 0 Å². The molecule has 0 spiro atoms. The fourth-order valence-corrected chi connectivity index (χ4v) is 2.45. The Hall–Kier alpha value is -1.10. The summed E-state index contributed by atoms with van der Waals surface area (Å²) >= 11 is 0. The van der Waals surface area contributed by atoms with E-state index in [0.29, 0.717) is 6.54 Å². The zero-order chi connectivity index (χ0) is 12.8. The fraction of sp³-hybridized carbons (Fsp3) is 0.571. The lowest BCUT2D eigenvalue weighted by Gasteiger charge is -2.38. The van der Waals surface area contributed by atoms with Crippen LogP contribution < -0.4 is 5.32 Å². The molecular formula is C14H21NO3. The van der Waals surface area contributed by atoms with E-state index in [9.17, 15) is 10.2 Å². The molecule has 1 saturated heterocycles. The molecule has 4 heteroatoms. The average Bonchev–Trinajstić information content (AvgIpc) is 2.38. The van der Waals surface area contributed by atoms with E-state index in [1.54, 1.807) is 12.1 Å². The minimum absolute atomic E-state index is 0.0293. The van der Waals surface area contributed by atoms with Crippen molar-refractivity contribution in [3.05, 3.63) is 29.8 Å². The van der Waals surface area contributed by atoms with Crippen molar-refractivity contribution < 1.29 is 14.9 Å². The minimum Gasteiger partial charge on any atom is -0.508 e. The molecule has 0 atom stereocenters. The van der Waals surface area contributed by atoms with E-state index >= 15 is 0 Å². The number of hydrogen-bond acceptors (Lipinski definition) is 4. The van der Waals surface area contributed by atoms with Crippen molar-refractivity contribution in [1.82, 2.24) is 5.32 Å². The largest absolute Gasteiger partial charge is 0.508 e. The molecule has 4 nitrogen and oxygen atoms in total. The molecule has 3 N–H and O–H groups in total. The lowest BCUT2D eigenvalue weighted by Crippen LogP contribution is -2.49. The molecular weight excluding hydrogens is 230 g/mol. The number of phenols is 1. The van der Waals surface area contributed by atoms with E-state index in [1.165, 1.54) is 0 Å². The first kappa shape index (κ1) is 13.3.